The maximum absolute atomic E-state index is 12.2. The van der Waals surface area contributed by atoms with Crippen molar-refractivity contribution >= 4 is 38.6 Å². The van der Waals surface area contributed by atoms with Crippen LogP contribution in [0.15, 0.2) is 34.9 Å². The molecule has 128 valence electrons. The summed E-state index contributed by atoms with van der Waals surface area (Å²) in [5.74, 6) is 0.970. The number of hydrogen-bond donors (Lipinski definition) is 0. The summed E-state index contributed by atoms with van der Waals surface area (Å²) < 4.78 is 6.45. The molecule has 1 saturated heterocycles. The maximum atomic E-state index is 12.2. The predicted molar refractivity (Wildman–Crippen MR) is 99.5 cm³/mol. The van der Waals surface area contributed by atoms with Crippen LogP contribution in [0.4, 0.5) is 10.6 Å². The van der Waals surface area contributed by atoms with E-state index in [1.807, 2.05) is 39.1 Å². The number of rotatable bonds is 1. The SMILES string of the molecule is CC(C)(C)OC(=O)N1CCN(c2ncc(Br)c3ccccc23)CC1. The van der Waals surface area contributed by atoms with Crippen LogP contribution in [0.2, 0.25) is 0 Å². The van der Waals surface area contributed by atoms with E-state index in [0.717, 1.165) is 34.2 Å². The first-order valence-electron chi connectivity index (χ1n) is 8.11. The summed E-state index contributed by atoms with van der Waals surface area (Å²) in [5.41, 5.74) is -0.461. The second-order valence-corrected chi connectivity index (χ2v) is 7.78. The van der Waals surface area contributed by atoms with E-state index in [1.54, 1.807) is 4.90 Å². The van der Waals surface area contributed by atoms with Crippen LogP contribution in [-0.2, 0) is 4.74 Å². The minimum Gasteiger partial charge on any atom is -0.444 e. The number of amides is 1. The molecule has 1 aliphatic heterocycles. The van der Waals surface area contributed by atoms with Crippen LogP contribution in [0.3, 0.4) is 0 Å². The number of aromatic nitrogens is 1. The average Bonchev–Trinajstić information content (AvgIpc) is 2.54. The second-order valence-electron chi connectivity index (χ2n) is 6.93. The lowest BCUT2D eigenvalue weighted by molar-refractivity contribution is 0.0240. The molecule has 1 fully saturated rings. The second kappa shape index (κ2) is 6.59. The third-order valence-corrected chi connectivity index (χ3v) is 4.59. The minimum atomic E-state index is -0.461. The Morgan fingerprint density at radius 1 is 1.12 bits per heavy atom. The number of anilines is 1. The average molecular weight is 392 g/mol. The first-order chi connectivity index (χ1) is 11.3. The monoisotopic (exact) mass is 391 g/mol. The zero-order valence-corrected chi connectivity index (χ0v) is 15.8. The van der Waals surface area contributed by atoms with Gasteiger partial charge in [-0.2, -0.15) is 0 Å². The van der Waals surface area contributed by atoms with E-state index < -0.39 is 5.60 Å². The van der Waals surface area contributed by atoms with Crippen molar-refractivity contribution in [3.63, 3.8) is 0 Å². The minimum absolute atomic E-state index is 0.240. The molecule has 1 amide bonds. The molecule has 0 N–H and O–H groups in total. The largest absolute Gasteiger partial charge is 0.444 e. The van der Waals surface area contributed by atoms with Gasteiger partial charge in [0.15, 0.2) is 0 Å². The number of benzene rings is 1. The van der Waals surface area contributed by atoms with Crippen molar-refractivity contribution in [2.24, 2.45) is 0 Å². The third kappa shape index (κ3) is 3.64. The van der Waals surface area contributed by atoms with E-state index in [9.17, 15) is 4.79 Å². The molecule has 3 rings (SSSR count). The summed E-state index contributed by atoms with van der Waals surface area (Å²) >= 11 is 3.56. The van der Waals surface area contributed by atoms with Crippen LogP contribution in [0.5, 0.6) is 0 Å². The Labute approximate surface area is 150 Å². The number of carbonyl (C=O) groups excluding carboxylic acids is 1. The van der Waals surface area contributed by atoms with Gasteiger partial charge in [-0.25, -0.2) is 9.78 Å². The molecule has 2 heterocycles. The Balaban J connectivity index is 1.74. The zero-order valence-electron chi connectivity index (χ0n) is 14.3. The molecule has 5 nitrogen and oxygen atoms in total. The molecule has 2 aromatic rings. The van der Waals surface area contributed by atoms with Crippen molar-refractivity contribution in [1.29, 1.82) is 0 Å². The molecule has 0 radical (unpaired) electrons. The number of halogens is 1. The van der Waals surface area contributed by atoms with Crippen molar-refractivity contribution < 1.29 is 9.53 Å². The van der Waals surface area contributed by atoms with Gasteiger partial charge < -0.3 is 14.5 Å². The van der Waals surface area contributed by atoms with Gasteiger partial charge in [-0.15, -0.1) is 0 Å². The highest BCUT2D eigenvalue weighted by Crippen LogP contribution is 2.30. The van der Waals surface area contributed by atoms with Crippen LogP contribution in [0.25, 0.3) is 10.8 Å². The number of nitrogens with zero attached hydrogens (tertiary/aromatic N) is 3. The molecule has 0 unspecified atom stereocenters. The lowest BCUT2D eigenvalue weighted by Crippen LogP contribution is -2.50. The van der Waals surface area contributed by atoms with Crippen molar-refractivity contribution in [2.75, 3.05) is 31.1 Å². The number of carbonyl (C=O) groups is 1. The van der Waals surface area contributed by atoms with E-state index in [4.69, 9.17) is 4.74 Å². The number of ether oxygens (including phenoxy) is 1. The van der Waals surface area contributed by atoms with Gasteiger partial charge in [0.05, 0.1) is 0 Å². The fraction of sp³-hybridized carbons (Fsp3) is 0.444. The van der Waals surface area contributed by atoms with E-state index in [-0.39, 0.29) is 6.09 Å². The molecule has 6 heteroatoms. The highest BCUT2D eigenvalue weighted by molar-refractivity contribution is 9.10. The van der Waals surface area contributed by atoms with Crippen molar-refractivity contribution in [2.45, 2.75) is 26.4 Å². The van der Waals surface area contributed by atoms with E-state index in [1.165, 1.54) is 0 Å². The lowest BCUT2D eigenvalue weighted by Gasteiger charge is -2.36. The molecule has 1 aromatic heterocycles. The quantitative estimate of drug-likeness (QED) is 0.735. The van der Waals surface area contributed by atoms with Gasteiger partial charge in [0.25, 0.3) is 0 Å². The zero-order chi connectivity index (χ0) is 17.3. The molecule has 0 bridgehead atoms. The number of piperazine rings is 1. The van der Waals surface area contributed by atoms with E-state index in [2.05, 4.69) is 37.9 Å². The molecule has 1 aromatic carbocycles. The summed E-state index contributed by atoms with van der Waals surface area (Å²) in [6.07, 6.45) is 1.61. The van der Waals surface area contributed by atoms with Crippen LogP contribution < -0.4 is 4.90 Å². The highest BCUT2D eigenvalue weighted by Gasteiger charge is 2.26. The van der Waals surface area contributed by atoms with Crippen LogP contribution >= 0.6 is 15.9 Å². The Hall–Kier alpha value is -1.82. The molecular formula is C18H22BrN3O2. The normalized spacial score (nSPS) is 15.7. The fourth-order valence-corrected chi connectivity index (χ4v) is 3.27. The molecular weight excluding hydrogens is 370 g/mol. The van der Waals surface area contributed by atoms with Crippen LogP contribution in [-0.4, -0.2) is 47.8 Å². The predicted octanol–water partition coefficient (Wildman–Crippen LogP) is 4.05. The molecule has 0 aliphatic carbocycles. The van der Waals surface area contributed by atoms with Crippen LogP contribution in [0.1, 0.15) is 20.8 Å². The lowest BCUT2D eigenvalue weighted by atomic mass is 10.1. The van der Waals surface area contributed by atoms with Gasteiger partial charge in [-0.3, -0.25) is 0 Å². The van der Waals surface area contributed by atoms with Gasteiger partial charge >= 0.3 is 6.09 Å². The standard InChI is InChI=1S/C18H22BrN3O2/c1-18(2,3)24-17(23)22-10-8-21(9-11-22)16-14-7-5-4-6-13(14)15(19)12-20-16/h4-7,12H,8-11H2,1-3H3. The van der Waals surface area contributed by atoms with Crippen molar-refractivity contribution in [1.82, 2.24) is 9.88 Å². The molecule has 0 saturated carbocycles. The molecule has 24 heavy (non-hydrogen) atoms. The molecule has 1 aliphatic rings. The summed E-state index contributed by atoms with van der Waals surface area (Å²) in [6.45, 7) is 8.44. The topological polar surface area (TPSA) is 45.7 Å². The number of hydrogen-bond acceptors (Lipinski definition) is 4. The Morgan fingerprint density at radius 2 is 1.75 bits per heavy atom. The van der Waals surface area contributed by atoms with Gasteiger partial charge in [-0.05, 0) is 36.7 Å². The summed E-state index contributed by atoms with van der Waals surface area (Å²) in [7, 11) is 0. The van der Waals surface area contributed by atoms with Gasteiger partial charge in [0.2, 0.25) is 0 Å². The summed E-state index contributed by atoms with van der Waals surface area (Å²) in [4.78, 5) is 20.8. The Kier molecular flexibility index (Phi) is 4.67. The fourth-order valence-electron chi connectivity index (χ4n) is 2.82. The first-order valence-corrected chi connectivity index (χ1v) is 8.90. The van der Waals surface area contributed by atoms with Gasteiger partial charge in [0, 0.05) is 47.6 Å². The number of fused-ring (bicyclic) bond motifs is 1. The summed E-state index contributed by atoms with van der Waals surface area (Å²) in [6, 6.07) is 8.22. The molecule has 0 spiro atoms. The van der Waals surface area contributed by atoms with Gasteiger partial charge in [-0.1, -0.05) is 24.3 Å². The third-order valence-electron chi connectivity index (χ3n) is 3.96. The summed E-state index contributed by atoms with van der Waals surface area (Å²) in [5, 5.41) is 2.27. The van der Waals surface area contributed by atoms with E-state index >= 15 is 0 Å². The maximum Gasteiger partial charge on any atom is 0.410 e. The van der Waals surface area contributed by atoms with Crippen LogP contribution in [0, 0.1) is 0 Å². The van der Waals surface area contributed by atoms with Crippen molar-refractivity contribution in [3.8, 4) is 0 Å². The van der Waals surface area contributed by atoms with Gasteiger partial charge in [0.1, 0.15) is 11.4 Å². The number of pyridine rings is 1. The Bertz CT molecular complexity index is 750. The Morgan fingerprint density at radius 3 is 2.38 bits per heavy atom. The molecule has 0 atom stereocenters. The van der Waals surface area contributed by atoms with E-state index in [0.29, 0.717) is 13.1 Å². The van der Waals surface area contributed by atoms with Crippen molar-refractivity contribution in [3.05, 3.63) is 34.9 Å². The first kappa shape index (κ1) is 17.0. The highest BCUT2D eigenvalue weighted by atomic mass is 79.9. The smallest absolute Gasteiger partial charge is 0.410 e.